The molecule has 1 aromatic heterocycles. The Bertz CT molecular complexity index is 1170. The molecule has 7 heteroatoms. The average Bonchev–Trinajstić information content (AvgIpc) is 3.32. The van der Waals surface area contributed by atoms with Gasteiger partial charge in [-0.05, 0) is 48.7 Å². The number of fused-ring (bicyclic) bond motifs is 2. The minimum absolute atomic E-state index is 0.0401. The van der Waals surface area contributed by atoms with Gasteiger partial charge in [-0.3, -0.25) is 9.59 Å². The minimum atomic E-state index is -0.529. The lowest BCUT2D eigenvalue weighted by Crippen LogP contribution is -2.36. The highest BCUT2D eigenvalue weighted by Gasteiger charge is 2.43. The molecule has 29 heavy (non-hydrogen) atoms. The van der Waals surface area contributed by atoms with Crippen molar-refractivity contribution in [1.82, 2.24) is 4.90 Å². The summed E-state index contributed by atoms with van der Waals surface area (Å²) >= 11 is 9.47. The van der Waals surface area contributed by atoms with Crippen molar-refractivity contribution in [2.24, 2.45) is 0 Å². The lowest BCUT2D eigenvalue weighted by molar-refractivity contribution is 0.0486. The molecule has 2 aliphatic rings. The van der Waals surface area contributed by atoms with Crippen LogP contribution in [0.1, 0.15) is 40.6 Å². The number of amides is 1. The molecule has 0 bridgehead atoms. The molecule has 3 heterocycles. The summed E-state index contributed by atoms with van der Waals surface area (Å²) < 4.78 is 12.5. The highest BCUT2D eigenvalue weighted by Crippen LogP contribution is 2.39. The van der Waals surface area contributed by atoms with E-state index in [1.165, 1.54) is 0 Å². The molecule has 2 atom stereocenters. The third kappa shape index (κ3) is 3.19. The molecule has 0 saturated carbocycles. The van der Waals surface area contributed by atoms with Crippen LogP contribution in [0, 0.1) is 0 Å². The quantitative estimate of drug-likeness (QED) is 0.540. The number of carbonyl (C=O) groups is 1. The van der Waals surface area contributed by atoms with Crippen molar-refractivity contribution in [1.29, 1.82) is 0 Å². The molecular weight excluding hydrogens is 458 g/mol. The van der Waals surface area contributed by atoms with Crippen LogP contribution in [0.4, 0.5) is 0 Å². The van der Waals surface area contributed by atoms with E-state index in [1.807, 2.05) is 12.1 Å². The predicted molar refractivity (Wildman–Crippen MR) is 113 cm³/mol. The first-order chi connectivity index (χ1) is 14.0. The normalized spacial score (nSPS) is 21.2. The van der Waals surface area contributed by atoms with Crippen LogP contribution in [0.5, 0.6) is 0 Å². The van der Waals surface area contributed by atoms with Crippen molar-refractivity contribution in [3.63, 3.8) is 0 Å². The summed E-state index contributed by atoms with van der Waals surface area (Å²) in [5.74, 6) is -0.167. The molecule has 1 fully saturated rings. The summed E-state index contributed by atoms with van der Waals surface area (Å²) in [6, 6.07) is 11.9. The number of nitrogens with zero attached hydrogens (tertiary/aromatic N) is 1. The zero-order valence-electron chi connectivity index (χ0n) is 15.4. The molecule has 0 spiro atoms. The Labute approximate surface area is 180 Å². The van der Waals surface area contributed by atoms with Crippen molar-refractivity contribution < 1.29 is 13.9 Å². The maximum atomic E-state index is 13.4. The largest absolute Gasteiger partial charge is 0.450 e. The van der Waals surface area contributed by atoms with E-state index in [2.05, 4.69) is 15.9 Å². The van der Waals surface area contributed by atoms with Gasteiger partial charge >= 0.3 is 0 Å². The Kier molecular flexibility index (Phi) is 4.73. The van der Waals surface area contributed by atoms with Crippen LogP contribution in [-0.2, 0) is 4.74 Å². The molecule has 0 unspecified atom stereocenters. The smallest absolute Gasteiger partial charge is 0.291 e. The number of carbonyl (C=O) groups excluding carboxylic acids is 1. The van der Waals surface area contributed by atoms with Gasteiger partial charge in [0.2, 0.25) is 5.76 Å². The van der Waals surface area contributed by atoms with Crippen molar-refractivity contribution in [3.05, 3.63) is 79.1 Å². The molecule has 0 aliphatic carbocycles. The van der Waals surface area contributed by atoms with Crippen LogP contribution in [0.2, 0.25) is 5.02 Å². The van der Waals surface area contributed by atoms with E-state index in [0.717, 1.165) is 22.9 Å². The lowest BCUT2D eigenvalue weighted by Gasteiger charge is -2.27. The molecular formula is C22H17BrClNO4. The van der Waals surface area contributed by atoms with Crippen molar-refractivity contribution >= 4 is 44.4 Å². The third-order valence-electron chi connectivity index (χ3n) is 5.54. The Balaban J connectivity index is 1.71. The lowest BCUT2D eigenvalue weighted by atomic mass is 9.98. The van der Waals surface area contributed by atoms with Gasteiger partial charge in [-0.2, -0.15) is 0 Å². The zero-order chi connectivity index (χ0) is 20.1. The van der Waals surface area contributed by atoms with Gasteiger partial charge in [0, 0.05) is 22.6 Å². The van der Waals surface area contributed by atoms with Crippen LogP contribution in [0.3, 0.4) is 0 Å². The zero-order valence-corrected chi connectivity index (χ0v) is 17.7. The fourth-order valence-electron chi connectivity index (χ4n) is 4.18. The number of rotatable bonds is 3. The van der Waals surface area contributed by atoms with Crippen LogP contribution < -0.4 is 5.43 Å². The van der Waals surface area contributed by atoms with Crippen molar-refractivity contribution in [2.45, 2.75) is 25.0 Å². The van der Waals surface area contributed by atoms with E-state index >= 15 is 0 Å². The minimum Gasteiger partial charge on any atom is -0.450 e. The van der Waals surface area contributed by atoms with E-state index < -0.39 is 6.04 Å². The number of hydrogen-bond acceptors (Lipinski definition) is 4. The van der Waals surface area contributed by atoms with Gasteiger partial charge in [0.05, 0.1) is 23.1 Å². The summed E-state index contributed by atoms with van der Waals surface area (Å²) in [5, 5.41) is 1.04. The Hall–Kier alpha value is -2.15. The first-order valence-corrected chi connectivity index (χ1v) is 10.6. The molecule has 2 aliphatic heterocycles. The maximum absolute atomic E-state index is 13.4. The van der Waals surface area contributed by atoms with E-state index in [9.17, 15) is 9.59 Å². The SMILES string of the molecule is O=C1c2oc3ccc(Br)cc3c(=O)c2[C@H](c2ccc(Cl)cc2)N1C[C@@H]1CCCO1. The summed E-state index contributed by atoms with van der Waals surface area (Å²) in [6.45, 7) is 1.11. The summed E-state index contributed by atoms with van der Waals surface area (Å²) in [6.07, 6.45) is 1.83. The van der Waals surface area contributed by atoms with E-state index in [-0.39, 0.29) is 23.2 Å². The maximum Gasteiger partial charge on any atom is 0.291 e. The van der Waals surface area contributed by atoms with Gasteiger partial charge in [0.15, 0.2) is 5.43 Å². The second-order valence-electron chi connectivity index (χ2n) is 7.36. The summed E-state index contributed by atoms with van der Waals surface area (Å²) in [4.78, 5) is 28.4. The molecule has 148 valence electrons. The molecule has 2 aromatic carbocycles. The topological polar surface area (TPSA) is 59.8 Å². The Morgan fingerprint density at radius 1 is 1.14 bits per heavy atom. The fraction of sp³-hybridized carbons (Fsp3) is 0.273. The van der Waals surface area contributed by atoms with Gasteiger partial charge in [-0.1, -0.05) is 39.7 Å². The van der Waals surface area contributed by atoms with E-state index in [4.69, 9.17) is 20.8 Å². The monoisotopic (exact) mass is 473 g/mol. The molecule has 0 radical (unpaired) electrons. The second-order valence-corrected chi connectivity index (χ2v) is 8.71. The highest BCUT2D eigenvalue weighted by molar-refractivity contribution is 9.10. The number of benzene rings is 2. The molecule has 5 nitrogen and oxygen atoms in total. The van der Waals surface area contributed by atoms with Crippen LogP contribution in [0.15, 0.2) is 56.1 Å². The molecule has 3 aromatic rings. The molecule has 1 amide bonds. The standard InChI is InChI=1S/C22H17BrClNO4/c23-13-5-8-17-16(10-13)20(26)18-19(12-3-6-14(24)7-4-12)25(22(27)21(18)29-17)11-15-2-1-9-28-15/h3-8,10,15,19H,1-2,9,11H2/t15-,19-/m0/s1. The Morgan fingerprint density at radius 2 is 1.93 bits per heavy atom. The average molecular weight is 475 g/mol. The van der Waals surface area contributed by atoms with Crippen molar-refractivity contribution in [2.75, 3.05) is 13.2 Å². The molecule has 0 N–H and O–H groups in total. The molecule has 5 rings (SSSR count). The summed E-state index contributed by atoms with van der Waals surface area (Å²) in [7, 11) is 0. The van der Waals surface area contributed by atoms with Crippen LogP contribution in [-0.4, -0.2) is 30.1 Å². The van der Waals surface area contributed by atoms with Crippen molar-refractivity contribution in [3.8, 4) is 0 Å². The third-order valence-corrected chi connectivity index (χ3v) is 6.28. The second kappa shape index (κ2) is 7.27. The van der Waals surface area contributed by atoms with Gasteiger partial charge in [-0.15, -0.1) is 0 Å². The highest BCUT2D eigenvalue weighted by atomic mass is 79.9. The van der Waals surface area contributed by atoms with Crippen LogP contribution >= 0.6 is 27.5 Å². The first kappa shape index (κ1) is 18.9. The number of hydrogen-bond donors (Lipinski definition) is 0. The first-order valence-electron chi connectivity index (χ1n) is 9.47. The number of ether oxygens (including phenoxy) is 1. The molecule has 1 saturated heterocycles. The van der Waals surface area contributed by atoms with Gasteiger partial charge < -0.3 is 14.1 Å². The van der Waals surface area contributed by atoms with Gasteiger partial charge in [0.1, 0.15) is 5.58 Å². The van der Waals surface area contributed by atoms with E-state index in [1.54, 1.807) is 35.2 Å². The fourth-order valence-corrected chi connectivity index (χ4v) is 4.67. The summed E-state index contributed by atoms with van der Waals surface area (Å²) in [5.41, 5.74) is 1.41. The van der Waals surface area contributed by atoms with Gasteiger partial charge in [0.25, 0.3) is 5.91 Å². The van der Waals surface area contributed by atoms with E-state index in [0.29, 0.717) is 34.7 Å². The predicted octanol–water partition coefficient (Wildman–Crippen LogP) is 4.93. The number of halogens is 2. The Morgan fingerprint density at radius 3 is 2.66 bits per heavy atom. The van der Waals surface area contributed by atoms with Crippen LogP contribution in [0.25, 0.3) is 11.0 Å². The van der Waals surface area contributed by atoms with Gasteiger partial charge in [-0.25, -0.2) is 0 Å².